The molecule has 0 heterocycles. The lowest BCUT2D eigenvalue weighted by molar-refractivity contribution is -0.137. The van der Waals surface area contributed by atoms with Crippen LogP contribution in [-0.2, 0) is 14.9 Å². The highest BCUT2D eigenvalue weighted by atomic mass is 32.2. The second-order valence-corrected chi connectivity index (χ2v) is 4.80. The van der Waals surface area contributed by atoms with Crippen molar-refractivity contribution in [3.8, 4) is 0 Å². The van der Waals surface area contributed by atoms with E-state index in [1.54, 1.807) is 0 Å². The third-order valence-corrected chi connectivity index (χ3v) is 3.35. The van der Waals surface area contributed by atoms with Gasteiger partial charge in [-0.15, -0.1) is 0 Å². The van der Waals surface area contributed by atoms with Gasteiger partial charge in [0.2, 0.25) is 0 Å². The molecule has 5 nitrogen and oxygen atoms in total. The fraction of sp³-hybridized carbons (Fsp3) is 0.100. The summed E-state index contributed by atoms with van der Waals surface area (Å²) in [6.07, 6.45) is 2.79. The Kier molecular flexibility index (Phi) is 2.32. The van der Waals surface area contributed by atoms with Gasteiger partial charge in [0.25, 0.3) is 10.1 Å². The van der Waals surface area contributed by atoms with Gasteiger partial charge < -0.3 is 5.11 Å². The molecule has 6 heteroatoms. The van der Waals surface area contributed by atoms with Crippen molar-refractivity contribution in [2.24, 2.45) is 0 Å². The van der Waals surface area contributed by atoms with Gasteiger partial charge in [-0.05, 0) is 17.2 Å². The van der Waals surface area contributed by atoms with Crippen molar-refractivity contribution in [3.63, 3.8) is 0 Å². The summed E-state index contributed by atoms with van der Waals surface area (Å²) in [7, 11) is -4.32. The van der Waals surface area contributed by atoms with E-state index >= 15 is 0 Å². The van der Waals surface area contributed by atoms with Gasteiger partial charge in [0.1, 0.15) is 10.8 Å². The topological polar surface area (TPSA) is 91.7 Å². The molecule has 0 spiro atoms. The van der Waals surface area contributed by atoms with Gasteiger partial charge in [0.15, 0.2) is 0 Å². The minimum Gasteiger partial charge on any atom is -0.481 e. The van der Waals surface area contributed by atoms with Gasteiger partial charge >= 0.3 is 5.97 Å². The maximum absolute atomic E-state index is 11.0. The number of hydrogen-bond donors (Lipinski definition) is 2. The third-order valence-electron chi connectivity index (χ3n) is 2.43. The first-order valence-corrected chi connectivity index (χ1v) is 5.86. The van der Waals surface area contributed by atoms with Crippen LogP contribution in [0.1, 0.15) is 17.0 Å². The monoisotopic (exact) mass is 240 g/mol. The van der Waals surface area contributed by atoms with Crippen LogP contribution in [0.3, 0.4) is 0 Å². The number of carboxylic acids is 1. The predicted molar refractivity (Wildman–Crippen MR) is 55.7 cm³/mol. The molecule has 84 valence electrons. The number of hydrogen-bond acceptors (Lipinski definition) is 3. The lowest BCUT2D eigenvalue weighted by Crippen LogP contribution is -2.08. The average molecular weight is 240 g/mol. The Labute approximate surface area is 91.8 Å². The van der Waals surface area contributed by atoms with Crippen LogP contribution in [0.2, 0.25) is 0 Å². The summed E-state index contributed by atoms with van der Waals surface area (Å²) in [6.45, 7) is 0. The van der Waals surface area contributed by atoms with Crippen molar-refractivity contribution in [3.05, 3.63) is 35.4 Å². The number of carboxylic acid groups (broad SMARTS) is 1. The summed E-state index contributed by atoms with van der Waals surface area (Å²) in [5, 5.41) is 8.89. The van der Waals surface area contributed by atoms with E-state index < -0.39 is 22.0 Å². The zero-order valence-electron chi connectivity index (χ0n) is 7.99. The number of aliphatic carboxylic acids is 1. The van der Waals surface area contributed by atoms with E-state index in [0.29, 0.717) is 5.56 Å². The van der Waals surface area contributed by atoms with Gasteiger partial charge in [-0.3, -0.25) is 9.35 Å². The zero-order chi connectivity index (χ0) is 11.9. The summed E-state index contributed by atoms with van der Waals surface area (Å²) >= 11 is 0. The van der Waals surface area contributed by atoms with Crippen LogP contribution >= 0.6 is 0 Å². The van der Waals surface area contributed by atoms with Crippen LogP contribution in [0.4, 0.5) is 0 Å². The Morgan fingerprint density at radius 3 is 2.56 bits per heavy atom. The summed E-state index contributed by atoms with van der Waals surface area (Å²) in [5.41, 5.74) is 0.625. The molecular formula is C10H8O5S. The van der Waals surface area contributed by atoms with Crippen LogP contribution in [0.25, 0.3) is 6.08 Å². The van der Waals surface area contributed by atoms with E-state index in [9.17, 15) is 13.2 Å². The summed E-state index contributed by atoms with van der Waals surface area (Å²) in [5.74, 6) is -1.90. The molecule has 0 saturated carbocycles. The number of benzene rings is 1. The predicted octanol–water partition coefficient (Wildman–Crippen LogP) is 1.13. The van der Waals surface area contributed by atoms with E-state index in [1.165, 1.54) is 30.4 Å². The molecule has 0 aromatic heterocycles. The first-order valence-electron chi connectivity index (χ1n) is 4.42. The van der Waals surface area contributed by atoms with Crippen LogP contribution < -0.4 is 0 Å². The lowest BCUT2D eigenvalue weighted by atomic mass is 10.0. The summed E-state index contributed by atoms with van der Waals surface area (Å²) < 4.78 is 31.1. The average Bonchev–Trinajstić information content (AvgIpc) is 2.58. The SMILES string of the molecule is O=C(O)C1C=Cc2c1cccc2S(=O)(=O)O. The smallest absolute Gasteiger partial charge is 0.314 e. The van der Waals surface area contributed by atoms with Crippen molar-refractivity contribution >= 4 is 22.2 Å². The molecule has 0 radical (unpaired) electrons. The van der Waals surface area contributed by atoms with E-state index in [0.717, 1.165) is 0 Å². The van der Waals surface area contributed by atoms with Crippen molar-refractivity contribution in [2.45, 2.75) is 10.8 Å². The largest absolute Gasteiger partial charge is 0.481 e. The molecular weight excluding hydrogens is 232 g/mol. The first-order chi connectivity index (χ1) is 7.41. The van der Waals surface area contributed by atoms with E-state index in [-0.39, 0.29) is 10.5 Å². The molecule has 0 bridgehead atoms. The molecule has 16 heavy (non-hydrogen) atoms. The van der Waals surface area contributed by atoms with E-state index in [4.69, 9.17) is 9.66 Å². The molecule has 0 saturated heterocycles. The van der Waals surface area contributed by atoms with Crippen LogP contribution in [0.15, 0.2) is 29.2 Å². The Bertz CT molecular complexity index is 585. The Morgan fingerprint density at radius 2 is 2.00 bits per heavy atom. The van der Waals surface area contributed by atoms with Crippen LogP contribution in [-0.4, -0.2) is 24.0 Å². The van der Waals surface area contributed by atoms with Gasteiger partial charge in [-0.1, -0.05) is 24.3 Å². The number of fused-ring (bicyclic) bond motifs is 1. The second-order valence-electron chi connectivity index (χ2n) is 3.41. The summed E-state index contributed by atoms with van der Waals surface area (Å²) in [6, 6.07) is 4.18. The standard InChI is InChI=1S/C10H8O5S/c11-10(12)8-5-4-7-6(8)2-1-3-9(7)16(13,14)15/h1-5,8H,(H,11,12)(H,13,14,15). The molecule has 1 aromatic rings. The molecule has 1 aliphatic carbocycles. The quantitative estimate of drug-likeness (QED) is 0.756. The Morgan fingerprint density at radius 1 is 1.31 bits per heavy atom. The van der Waals surface area contributed by atoms with Crippen molar-refractivity contribution < 1.29 is 22.9 Å². The molecule has 2 N–H and O–H groups in total. The number of carbonyl (C=O) groups is 1. The number of rotatable bonds is 2. The highest BCUT2D eigenvalue weighted by molar-refractivity contribution is 7.85. The normalized spacial score (nSPS) is 18.4. The maximum Gasteiger partial charge on any atom is 0.314 e. The molecule has 1 aliphatic rings. The zero-order valence-corrected chi connectivity index (χ0v) is 8.81. The van der Waals surface area contributed by atoms with Gasteiger partial charge in [-0.25, -0.2) is 0 Å². The van der Waals surface area contributed by atoms with Crippen molar-refractivity contribution in [1.29, 1.82) is 0 Å². The van der Waals surface area contributed by atoms with Gasteiger partial charge in [-0.2, -0.15) is 8.42 Å². The van der Waals surface area contributed by atoms with Crippen LogP contribution in [0, 0.1) is 0 Å². The Balaban J connectivity index is 2.66. The van der Waals surface area contributed by atoms with E-state index in [1.807, 2.05) is 0 Å². The molecule has 0 aliphatic heterocycles. The molecule has 2 rings (SSSR count). The highest BCUT2D eigenvalue weighted by Gasteiger charge is 2.28. The lowest BCUT2D eigenvalue weighted by Gasteiger charge is -2.07. The molecule has 1 unspecified atom stereocenters. The minimum absolute atomic E-state index is 0.248. The first kappa shape index (κ1) is 10.8. The summed E-state index contributed by atoms with van der Waals surface area (Å²) in [4.78, 5) is 10.6. The molecule has 1 aromatic carbocycles. The molecule has 0 amide bonds. The maximum atomic E-state index is 11.0. The fourth-order valence-electron chi connectivity index (χ4n) is 1.75. The van der Waals surface area contributed by atoms with Crippen LogP contribution in [0.5, 0.6) is 0 Å². The van der Waals surface area contributed by atoms with Crippen molar-refractivity contribution in [2.75, 3.05) is 0 Å². The van der Waals surface area contributed by atoms with Gasteiger partial charge in [0, 0.05) is 0 Å². The second kappa shape index (κ2) is 3.43. The van der Waals surface area contributed by atoms with E-state index in [2.05, 4.69) is 0 Å². The fourth-order valence-corrected chi connectivity index (χ4v) is 2.46. The van der Waals surface area contributed by atoms with Crippen molar-refractivity contribution in [1.82, 2.24) is 0 Å². The van der Waals surface area contributed by atoms with Gasteiger partial charge in [0.05, 0.1) is 0 Å². The Hall–Kier alpha value is -1.66. The molecule has 1 atom stereocenters. The highest BCUT2D eigenvalue weighted by Crippen LogP contribution is 2.34. The third kappa shape index (κ3) is 1.62. The molecule has 0 fully saturated rings. The minimum atomic E-state index is -4.32.